The van der Waals surface area contributed by atoms with Crippen LogP contribution in [0.4, 0.5) is 23.0 Å². The number of β-amino-alcohol motifs (C(OH)–C–C–N with tert-alkyl or cyclic N) is 1. The van der Waals surface area contributed by atoms with Gasteiger partial charge in [0.2, 0.25) is 17.7 Å². The van der Waals surface area contributed by atoms with E-state index in [1.54, 1.807) is 17.6 Å². The van der Waals surface area contributed by atoms with Crippen molar-refractivity contribution in [1.82, 2.24) is 40.4 Å². The van der Waals surface area contributed by atoms with Gasteiger partial charge in [0.05, 0.1) is 63.4 Å². The normalized spacial score (nSPS) is 24.0. The zero-order valence-corrected chi connectivity index (χ0v) is 48.5. The van der Waals surface area contributed by atoms with Gasteiger partial charge in [-0.05, 0) is 106 Å². The Kier molecular flexibility index (Phi) is 16.3. The van der Waals surface area contributed by atoms with Crippen molar-refractivity contribution in [2.45, 2.75) is 140 Å². The number of phenolic OH excluding ortho intramolecular Hbond substituents is 1. The number of aliphatic hydroxyl groups excluding tert-OH is 1. The maximum absolute atomic E-state index is 14.5. The summed E-state index contributed by atoms with van der Waals surface area (Å²) in [6, 6.07) is 22.2. The second kappa shape index (κ2) is 24.1. The summed E-state index contributed by atoms with van der Waals surface area (Å²) < 4.78 is 19.0. The van der Waals surface area contributed by atoms with Gasteiger partial charge in [0.15, 0.2) is 17.4 Å². The first-order valence-electron chi connectivity index (χ1n) is 29.6. The van der Waals surface area contributed by atoms with Crippen LogP contribution in [-0.2, 0) is 14.3 Å². The number of aromatic nitrogens is 5. The van der Waals surface area contributed by atoms with Crippen molar-refractivity contribution < 1.29 is 33.8 Å². The standard InChI is InChI=1S/C62H75N13O7S/c1-36(2)58(62(79)74-34-45(76)25-53(74)61(78)67-37(3)49-12-9-40(23-41(49)30-63)59-38(4)66-35-83-59)55-29-56(70-82-55)72-21-14-39(15-22-72)31-71-19-16-46(17-20-71)80-47-26-48(27-47)81-57-24-42(13-18-65-57)75-43-10-11-44(75)33-73(32-43)52-28-51(68-69-60(52)64)50-7-5-6-8-54(50)77/h5-9,12-13,18,23-24,28-29,35-37,39,43-48,53,58,76-77H,10-11,14-17,19-22,25-27,31-34H2,1-4H3,(H2,64,69)(H,67,78)/t37-,43+,44?,45+,47?,48?,53-,58+/m0/s1. The summed E-state index contributed by atoms with van der Waals surface area (Å²) in [5.41, 5.74) is 14.3. The highest BCUT2D eigenvalue weighted by Gasteiger charge is 2.45. The van der Waals surface area contributed by atoms with Gasteiger partial charge in [0.1, 0.15) is 23.8 Å². The second-order valence-corrected chi connectivity index (χ2v) is 24.9. The van der Waals surface area contributed by atoms with Gasteiger partial charge < -0.3 is 59.8 Å². The van der Waals surface area contributed by atoms with Crippen LogP contribution in [0.3, 0.4) is 0 Å². The first-order valence-corrected chi connectivity index (χ1v) is 30.5. The van der Waals surface area contributed by atoms with Crippen LogP contribution in [0, 0.1) is 30.1 Å². The third kappa shape index (κ3) is 11.9. The highest BCUT2D eigenvalue weighted by atomic mass is 32.1. The fourth-order valence-corrected chi connectivity index (χ4v) is 14.5. The number of hydrogen-bond donors (Lipinski definition) is 4. The number of amides is 2. The number of hydrogen-bond acceptors (Lipinski definition) is 19. The molecule has 12 rings (SSSR count). The molecule has 2 bridgehead atoms. The van der Waals surface area contributed by atoms with E-state index in [4.69, 9.17) is 19.7 Å². The number of nitrogens with two attached hydrogens (primary N) is 1. The predicted molar refractivity (Wildman–Crippen MR) is 316 cm³/mol. The number of nitrogen functional groups attached to an aromatic ring is 1. The monoisotopic (exact) mass is 1150 g/mol. The van der Waals surface area contributed by atoms with Crippen molar-refractivity contribution >= 4 is 46.2 Å². The number of aliphatic hydroxyl groups is 1. The van der Waals surface area contributed by atoms with Gasteiger partial charge in [0, 0.05) is 113 Å². The number of ether oxygens (including phenoxy) is 2. The van der Waals surface area contributed by atoms with E-state index in [1.165, 1.54) is 16.2 Å². The van der Waals surface area contributed by atoms with E-state index in [0.29, 0.717) is 63.7 Å². The van der Waals surface area contributed by atoms with Gasteiger partial charge in [0.25, 0.3) is 0 Å². The minimum Gasteiger partial charge on any atom is -0.507 e. The van der Waals surface area contributed by atoms with Crippen molar-refractivity contribution in [2.24, 2.45) is 11.8 Å². The number of phenols is 1. The Morgan fingerprint density at radius 3 is 2.37 bits per heavy atom. The number of aryl methyl sites for hydroxylation is 1. The van der Waals surface area contributed by atoms with Crippen molar-refractivity contribution in [3.8, 4) is 39.4 Å². The number of anilines is 4. The molecule has 9 heterocycles. The number of pyridine rings is 1. The number of carbonyl (C=O) groups is 2. The number of thiazole rings is 1. The quantitative estimate of drug-likeness (QED) is 0.0678. The molecule has 6 aliphatic rings. The summed E-state index contributed by atoms with van der Waals surface area (Å²) in [5, 5.41) is 47.5. The molecule has 21 heteroatoms. The molecule has 6 aromatic rings. The van der Waals surface area contributed by atoms with Crippen LogP contribution in [0.1, 0.15) is 113 Å². The molecule has 5 N–H and O–H groups in total. The average Bonchev–Trinajstić information content (AvgIpc) is 4.51. The lowest BCUT2D eigenvalue weighted by molar-refractivity contribution is -0.141. The Labute approximate surface area is 488 Å². The minimum atomic E-state index is -0.888. The summed E-state index contributed by atoms with van der Waals surface area (Å²) >= 11 is 1.51. The molecule has 2 amide bonds. The van der Waals surface area contributed by atoms with Crippen LogP contribution in [0.5, 0.6) is 11.6 Å². The van der Waals surface area contributed by atoms with E-state index in [9.17, 15) is 25.1 Å². The maximum atomic E-state index is 14.5. The fraction of sp³-hybridized carbons (Fsp3) is 0.516. The van der Waals surface area contributed by atoms with Crippen molar-refractivity contribution in [2.75, 3.05) is 72.8 Å². The maximum Gasteiger partial charge on any atom is 0.243 e. The SMILES string of the molecule is Cc1ncsc1-c1ccc([C@H](C)NC(=O)[C@@H]2C[C@@H](O)CN2C(=O)[C@@H](c2cc(N3CCC(CN4CCC(OC5CC(Oc6cc(N7C8CC[C@@H]7CN(c7cc(-c9ccccc9O)nnc7N)C8)ccn6)C5)CC4)CC3)no2)C(C)C)c(C#N)c1. The Balaban J connectivity index is 0.569. The largest absolute Gasteiger partial charge is 0.507 e. The van der Waals surface area contributed by atoms with Crippen molar-refractivity contribution in [1.29, 1.82) is 5.26 Å². The average molecular weight is 1150 g/mol. The smallest absolute Gasteiger partial charge is 0.243 e. The van der Waals surface area contributed by atoms with Crippen LogP contribution >= 0.6 is 11.3 Å². The number of benzene rings is 2. The molecule has 4 aromatic heterocycles. The first-order chi connectivity index (χ1) is 40.2. The van der Waals surface area contributed by atoms with E-state index >= 15 is 0 Å². The highest BCUT2D eigenvalue weighted by molar-refractivity contribution is 7.13. The molecule has 0 radical (unpaired) electrons. The molecule has 5 aliphatic heterocycles. The Hall–Kier alpha value is -7.38. The number of nitrogens with one attached hydrogen (secondary N) is 1. The molecule has 6 atom stereocenters. The third-order valence-corrected chi connectivity index (χ3v) is 19.1. The van der Waals surface area contributed by atoms with Crippen LogP contribution < -0.4 is 30.5 Å². The lowest BCUT2D eigenvalue weighted by Gasteiger charge is -2.43. The molecular weight excluding hydrogens is 1070 g/mol. The minimum absolute atomic E-state index is 0.0323. The fourth-order valence-electron chi connectivity index (χ4n) is 13.7. The second-order valence-electron chi connectivity index (χ2n) is 24.1. The molecule has 1 saturated carbocycles. The Morgan fingerprint density at radius 2 is 1.65 bits per heavy atom. The summed E-state index contributed by atoms with van der Waals surface area (Å²) in [6.07, 6.45) is 9.60. The van der Waals surface area contributed by atoms with Gasteiger partial charge in [-0.2, -0.15) is 5.26 Å². The van der Waals surface area contributed by atoms with Gasteiger partial charge in [-0.1, -0.05) is 43.3 Å². The van der Waals surface area contributed by atoms with E-state index in [-0.39, 0.29) is 54.8 Å². The molecule has 83 heavy (non-hydrogen) atoms. The Bertz CT molecular complexity index is 3310. The molecular formula is C62H75N13O7S. The third-order valence-electron chi connectivity index (χ3n) is 18.2. The van der Waals surface area contributed by atoms with Gasteiger partial charge in [-0.25, -0.2) is 9.97 Å². The lowest BCUT2D eigenvalue weighted by atomic mass is 9.91. The van der Waals surface area contributed by atoms with Crippen LogP contribution in [0.2, 0.25) is 0 Å². The molecule has 436 valence electrons. The van der Waals surface area contributed by atoms with Crippen LogP contribution in [-0.4, -0.2) is 152 Å². The number of piperidine rings is 2. The van der Waals surface area contributed by atoms with Crippen molar-refractivity contribution in [3.05, 3.63) is 101 Å². The number of nitrogens with zero attached hydrogens (tertiary/aromatic N) is 11. The number of aromatic hydroxyl groups is 1. The zero-order valence-electron chi connectivity index (χ0n) is 47.7. The van der Waals surface area contributed by atoms with E-state index in [0.717, 1.165) is 125 Å². The summed E-state index contributed by atoms with van der Waals surface area (Å²) in [5.74, 6) is 1.40. The van der Waals surface area contributed by atoms with Gasteiger partial charge in [-0.3, -0.25) is 9.59 Å². The summed E-state index contributed by atoms with van der Waals surface area (Å²) in [4.78, 5) is 49.5. The van der Waals surface area contributed by atoms with Crippen molar-refractivity contribution in [3.63, 3.8) is 0 Å². The highest BCUT2D eigenvalue weighted by Crippen LogP contribution is 2.41. The lowest BCUT2D eigenvalue weighted by Crippen LogP contribution is -2.54. The molecule has 5 saturated heterocycles. The number of carbonyl (C=O) groups excluding carboxylic acids is 2. The number of nitriles is 1. The molecule has 0 spiro atoms. The number of piperazine rings is 1. The number of rotatable bonds is 17. The first kappa shape index (κ1) is 56.1. The number of likely N-dealkylation sites (tertiary alicyclic amines) is 2. The van der Waals surface area contributed by atoms with Gasteiger partial charge in [-0.15, -0.1) is 21.5 Å². The molecule has 6 fully saturated rings. The predicted octanol–water partition coefficient (Wildman–Crippen LogP) is 7.86. The van der Waals surface area contributed by atoms with Crippen LogP contribution in [0.25, 0.3) is 21.7 Å². The number of fused-ring (bicyclic) bond motifs is 2. The van der Waals surface area contributed by atoms with E-state index in [2.05, 4.69) is 68.4 Å². The zero-order chi connectivity index (χ0) is 57.5. The molecule has 1 aliphatic carbocycles. The van der Waals surface area contributed by atoms with Crippen LogP contribution in [0.15, 0.2) is 83.0 Å². The molecule has 1 unspecified atom stereocenters. The number of para-hydroxylation sites is 1. The Morgan fingerprint density at radius 1 is 0.880 bits per heavy atom. The molecule has 20 nitrogen and oxygen atoms in total. The van der Waals surface area contributed by atoms with E-state index in [1.807, 2.05) is 76.4 Å². The summed E-state index contributed by atoms with van der Waals surface area (Å²) in [6.45, 7) is 14.1. The topological polar surface area (TPSA) is 249 Å². The summed E-state index contributed by atoms with van der Waals surface area (Å²) in [7, 11) is 0. The molecule has 2 aromatic carbocycles. The van der Waals surface area contributed by atoms with Gasteiger partial charge >= 0.3 is 0 Å². The van der Waals surface area contributed by atoms with E-state index < -0.39 is 24.1 Å².